The number of fused-ring (bicyclic) bond motifs is 1. The fourth-order valence-electron chi connectivity index (χ4n) is 3.66. The number of carboxylic acid groups (broad SMARTS) is 1. The van der Waals surface area contributed by atoms with E-state index in [1.54, 1.807) is 11.0 Å². The molecule has 0 spiro atoms. The first kappa shape index (κ1) is 18.7. The highest BCUT2D eigenvalue weighted by Gasteiger charge is 2.30. The second kappa shape index (κ2) is 7.68. The topological polar surface area (TPSA) is 74.0 Å². The van der Waals surface area contributed by atoms with E-state index in [2.05, 4.69) is 0 Å². The average Bonchev–Trinajstić information content (AvgIpc) is 2.97. The molecule has 1 aliphatic heterocycles. The number of furan rings is 1. The number of aliphatic carboxylic acids is 1. The van der Waals surface area contributed by atoms with Crippen molar-refractivity contribution < 1.29 is 19.1 Å². The molecule has 0 saturated carbocycles. The number of aryl methyl sites for hydroxylation is 1. The molecular weight excluding hydrogens is 356 g/mol. The predicted octanol–water partition coefficient (Wildman–Crippen LogP) is 3.41. The van der Waals surface area contributed by atoms with Gasteiger partial charge in [0.15, 0.2) is 11.3 Å². The van der Waals surface area contributed by atoms with Gasteiger partial charge in [0.05, 0.1) is 11.6 Å². The number of carbonyl (C=O) groups is 2. The second-order valence-electron chi connectivity index (χ2n) is 6.65. The van der Waals surface area contributed by atoms with E-state index in [1.165, 1.54) is 0 Å². The molecule has 0 unspecified atom stereocenters. The van der Waals surface area contributed by atoms with Crippen molar-refractivity contribution in [3.8, 4) is 0 Å². The lowest BCUT2D eigenvalue weighted by Gasteiger charge is -2.37. The Morgan fingerprint density at radius 3 is 2.62 bits per heavy atom. The first-order valence-electron chi connectivity index (χ1n) is 8.85. The third-order valence-corrected chi connectivity index (χ3v) is 5.42. The summed E-state index contributed by atoms with van der Waals surface area (Å²) < 4.78 is 5.78. The van der Waals surface area contributed by atoms with E-state index >= 15 is 0 Å². The maximum Gasteiger partial charge on any atom is 0.317 e. The zero-order valence-corrected chi connectivity index (χ0v) is 15.8. The normalized spacial score (nSPS) is 15.8. The van der Waals surface area contributed by atoms with E-state index in [1.807, 2.05) is 30.9 Å². The van der Waals surface area contributed by atoms with Crippen LogP contribution in [0.4, 0.5) is 0 Å². The lowest BCUT2D eigenvalue weighted by Crippen LogP contribution is -2.48. The minimum absolute atomic E-state index is 0.0380. The summed E-state index contributed by atoms with van der Waals surface area (Å²) in [6, 6.07) is 5.67. The van der Waals surface area contributed by atoms with E-state index in [0.29, 0.717) is 36.0 Å². The lowest BCUT2D eigenvalue weighted by atomic mass is 10.0. The van der Waals surface area contributed by atoms with E-state index in [4.69, 9.17) is 21.1 Å². The van der Waals surface area contributed by atoms with E-state index in [-0.39, 0.29) is 18.5 Å². The number of likely N-dealkylation sites (N-methyl/N-ethyl adjacent to an activating group) is 1. The number of piperidine rings is 1. The van der Waals surface area contributed by atoms with E-state index in [0.717, 1.165) is 23.8 Å². The molecule has 6 nitrogen and oxygen atoms in total. The largest absolute Gasteiger partial charge is 0.480 e. The van der Waals surface area contributed by atoms with Gasteiger partial charge < -0.3 is 14.4 Å². The summed E-state index contributed by atoms with van der Waals surface area (Å²) in [6.07, 6.45) is 1.51. The summed E-state index contributed by atoms with van der Waals surface area (Å²) in [5.41, 5.74) is 1.35. The van der Waals surface area contributed by atoms with Crippen molar-refractivity contribution in [1.29, 1.82) is 0 Å². The van der Waals surface area contributed by atoms with Crippen LogP contribution in [0.15, 0.2) is 22.6 Å². The third-order valence-electron chi connectivity index (χ3n) is 5.12. The highest BCUT2D eigenvalue weighted by molar-refractivity contribution is 6.35. The van der Waals surface area contributed by atoms with Gasteiger partial charge in [0.2, 0.25) is 0 Å². The first-order chi connectivity index (χ1) is 12.4. The number of carbonyl (C=O) groups excluding carboxylic acids is 1. The average molecular weight is 379 g/mol. The minimum atomic E-state index is -0.819. The Morgan fingerprint density at radius 2 is 2.04 bits per heavy atom. The van der Waals surface area contributed by atoms with Crippen LogP contribution in [0, 0.1) is 6.92 Å². The van der Waals surface area contributed by atoms with Crippen molar-refractivity contribution in [3.63, 3.8) is 0 Å². The number of amides is 1. The van der Waals surface area contributed by atoms with Gasteiger partial charge in [-0.05, 0) is 32.4 Å². The zero-order valence-electron chi connectivity index (χ0n) is 15.0. The Hall–Kier alpha value is -2.05. The molecular formula is C19H23ClN2O4. The molecule has 1 fully saturated rings. The van der Waals surface area contributed by atoms with Gasteiger partial charge in [-0.2, -0.15) is 0 Å². The van der Waals surface area contributed by atoms with Crippen LogP contribution in [0.25, 0.3) is 11.0 Å². The van der Waals surface area contributed by atoms with Crippen molar-refractivity contribution in [2.75, 3.05) is 26.2 Å². The highest BCUT2D eigenvalue weighted by Crippen LogP contribution is 2.31. The number of hydrogen-bond donors (Lipinski definition) is 1. The highest BCUT2D eigenvalue weighted by atomic mass is 35.5. The number of rotatable bonds is 5. The smallest absolute Gasteiger partial charge is 0.317 e. The van der Waals surface area contributed by atoms with Crippen LogP contribution in [0.1, 0.15) is 35.9 Å². The lowest BCUT2D eigenvalue weighted by molar-refractivity contribution is -0.139. The Morgan fingerprint density at radius 1 is 1.35 bits per heavy atom. The Labute approximate surface area is 157 Å². The van der Waals surface area contributed by atoms with Gasteiger partial charge in [0.1, 0.15) is 0 Å². The van der Waals surface area contributed by atoms with Crippen molar-refractivity contribution >= 4 is 34.4 Å². The van der Waals surface area contributed by atoms with Crippen LogP contribution in [-0.4, -0.2) is 59.0 Å². The zero-order chi connectivity index (χ0) is 18.8. The van der Waals surface area contributed by atoms with Gasteiger partial charge >= 0.3 is 5.97 Å². The van der Waals surface area contributed by atoms with Crippen LogP contribution < -0.4 is 0 Å². The van der Waals surface area contributed by atoms with Gasteiger partial charge in [-0.25, -0.2) is 0 Å². The van der Waals surface area contributed by atoms with Crippen LogP contribution in [-0.2, 0) is 4.79 Å². The summed E-state index contributed by atoms with van der Waals surface area (Å²) in [6.45, 7) is 5.73. The summed E-state index contributed by atoms with van der Waals surface area (Å²) in [4.78, 5) is 27.6. The molecule has 0 bridgehead atoms. The van der Waals surface area contributed by atoms with Crippen LogP contribution >= 0.6 is 11.6 Å². The van der Waals surface area contributed by atoms with Crippen LogP contribution in [0.3, 0.4) is 0 Å². The molecule has 1 aromatic heterocycles. The Bertz CT molecular complexity index is 824. The quantitative estimate of drug-likeness (QED) is 0.863. The molecule has 2 heterocycles. The molecule has 1 aliphatic rings. The molecule has 7 heteroatoms. The summed E-state index contributed by atoms with van der Waals surface area (Å²) in [7, 11) is 0. The van der Waals surface area contributed by atoms with Crippen molar-refractivity contribution in [2.45, 2.75) is 32.7 Å². The summed E-state index contributed by atoms with van der Waals surface area (Å²) >= 11 is 6.17. The number of hydrogen-bond acceptors (Lipinski definition) is 4. The molecule has 0 radical (unpaired) electrons. The Kier molecular flexibility index (Phi) is 5.53. The molecule has 3 rings (SSSR count). The fraction of sp³-hybridized carbons (Fsp3) is 0.474. The first-order valence-corrected chi connectivity index (χ1v) is 9.22. The molecule has 1 saturated heterocycles. The van der Waals surface area contributed by atoms with Gasteiger partial charge in [-0.1, -0.05) is 30.7 Å². The predicted molar refractivity (Wildman–Crippen MR) is 99.8 cm³/mol. The second-order valence-corrected chi connectivity index (χ2v) is 7.06. The van der Waals surface area contributed by atoms with E-state index in [9.17, 15) is 9.59 Å². The fourth-order valence-corrected chi connectivity index (χ4v) is 3.88. The van der Waals surface area contributed by atoms with E-state index < -0.39 is 5.97 Å². The molecule has 1 N–H and O–H groups in total. The van der Waals surface area contributed by atoms with Gasteiger partial charge in [-0.3, -0.25) is 14.5 Å². The minimum Gasteiger partial charge on any atom is -0.480 e. The van der Waals surface area contributed by atoms with Crippen LogP contribution in [0.2, 0.25) is 5.02 Å². The number of para-hydroxylation sites is 1. The molecule has 1 aromatic carbocycles. The van der Waals surface area contributed by atoms with Gasteiger partial charge in [-0.15, -0.1) is 0 Å². The molecule has 1 amide bonds. The number of benzene rings is 1. The summed E-state index contributed by atoms with van der Waals surface area (Å²) in [5.74, 6) is -0.612. The standard InChI is InChI=1S/C19H23ClN2O4/c1-3-21(11-16(23)24)13-7-9-22(10-8-13)19(25)17-12(2)14-5-4-6-15(20)18(14)26-17/h4-6,13H,3,7-11H2,1-2H3,(H,23,24). The summed E-state index contributed by atoms with van der Waals surface area (Å²) in [5, 5.41) is 10.4. The number of halogens is 1. The maximum absolute atomic E-state index is 12.9. The third kappa shape index (κ3) is 3.57. The van der Waals surface area contributed by atoms with Crippen molar-refractivity contribution in [3.05, 3.63) is 34.5 Å². The van der Waals surface area contributed by atoms with Gasteiger partial charge in [0, 0.05) is 30.1 Å². The number of nitrogens with zero attached hydrogens (tertiary/aromatic N) is 2. The SMILES string of the molecule is CCN(CC(=O)O)C1CCN(C(=O)c2oc3c(Cl)cccc3c2C)CC1. The molecule has 2 aromatic rings. The molecule has 0 atom stereocenters. The monoisotopic (exact) mass is 378 g/mol. The van der Waals surface area contributed by atoms with Crippen LogP contribution in [0.5, 0.6) is 0 Å². The van der Waals surface area contributed by atoms with Crippen molar-refractivity contribution in [2.24, 2.45) is 0 Å². The number of carboxylic acids is 1. The molecule has 0 aliphatic carbocycles. The molecule has 140 valence electrons. The molecule has 26 heavy (non-hydrogen) atoms. The number of likely N-dealkylation sites (tertiary alicyclic amines) is 1. The Balaban J connectivity index is 1.72. The van der Waals surface area contributed by atoms with Gasteiger partial charge in [0.25, 0.3) is 5.91 Å². The maximum atomic E-state index is 12.9. The van der Waals surface area contributed by atoms with Crippen molar-refractivity contribution in [1.82, 2.24) is 9.80 Å².